The second-order valence-electron chi connectivity index (χ2n) is 13.8. The standard InChI is InChI=1S/C49H37N/c1-49(2)46-31-25-40(33-45(46)48-44(18-11-19-47(48)49)38-15-7-4-8-16-38)37-22-28-42(29-23-37)50(43-30-24-35-14-9-10-17-39(35)32-43)41-26-20-36(21-27-41)34-12-5-3-6-13-34/h3-33H,1-2H3. The molecule has 0 aromatic heterocycles. The van der Waals surface area contributed by atoms with Gasteiger partial charge in [-0.25, -0.2) is 0 Å². The fraction of sp³-hybridized carbons (Fsp3) is 0.0612. The lowest BCUT2D eigenvalue weighted by molar-refractivity contribution is 0.660. The van der Waals surface area contributed by atoms with Gasteiger partial charge in [0.25, 0.3) is 0 Å². The molecule has 0 aliphatic heterocycles. The van der Waals surface area contributed by atoms with Gasteiger partial charge in [-0.2, -0.15) is 0 Å². The average molecular weight is 640 g/mol. The molecule has 9 rings (SSSR count). The predicted octanol–water partition coefficient (Wildman–Crippen LogP) is 13.6. The largest absolute Gasteiger partial charge is 0.310 e. The molecule has 0 unspecified atom stereocenters. The second-order valence-corrected chi connectivity index (χ2v) is 13.8. The first-order valence-electron chi connectivity index (χ1n) is 17.4. The summed E-state index contributed by atoms with van der Waals surface area (Å²) in [5.74, 6) is 0. The molecule has 0 saturated carbocycles. The van der Waals surface area contributed by atoms with Crippen molar-refractivity contribution in [3.8, 4) is 44.5 Å². The van der Waals surface area contributed by atoms with E-state index in [1.54, 1.807) is 0 Å². The molecule has 1 nitrogen and oxygen atoms in total. The molecule has 0 atom stereocenters. The van der Waals surface area contributed by atoms with E-state index in [2.05, 4.69) is 207 Å². The smallest absolute Gasteiger partial charge is 0.0468 e. The van der Waals surface area contributed by atoms with Gasteiger partial charge in [0.2, 0.25) is 0 Å². The maximum absolute atomic E-state index is 2.41. The van der Waals surface area contributed by atoms with Gasteiger partial charge in [-0.15, -0.1) is 0 Å². The summed E-state index contributed by atoms with van der Waals surface area (Å²) in [6.07, 6.45) is 0. The molecule has 8 aromatic rings. The van der Waals surface area contributed by atoms with E-state index in [-0.39, 0.29) is 5.41 Å². The zero-order chi connectivity index (χ0) is 33.7. The van der Waals surface area contributed by atoms with Gasteiger partial charge in [-0.3, -0.25) is 0 Å². The molecular formula is C49H37N. The first-order chi connectivity index (χ1) is 24.5. The Hall–Kier alpha value is -6.18. The minimum Gasteiger partial charge on any atom is -0.310 e. The van der Waals surface area contributed by atoms with E-state index >= 15 is 0 Å². The lowest BCUT2D eigenvalue weighted by Gasteiger charge is -2.26. The summed E-state index contributed by atoms with van der Waals surface area (Å²) in [4.78, 5) is 2.36. The van der Waals surface area contributed by atoms with Gasteiger partial charge in [-0.05, 0) is 109 Å². The average Bonchev–Trinajstić information content (AvgIpc) is 3.41. The van der Waals surface area contributed by atoms with Gasteiger partial charge in [0.1, 0.15) is 0 Å². The zero-order valence-corrected chi connectivity index (χ0v) is 28.3. The Morgan fingerprint density at radius 3 is 1.56 bits per heavy atom. The fourth-order valence-electron chi connectivity index (χ4n) is 7.84. The summed E-state index contributed by atoms with van der Waals surface area (Å²) < 4.78 is 0. The van der Waals surface area contributed by atoms with E-state index in [4.69, 9.17) is 0 Å². The minimum absolute atomic E-state index is 0.0612. The molecule has 0 radical (unpaired) electrons. The zero-order valence-electron chi connectivity index (χ0n) is 28.3. The maximum atomic E-state index is 2.41. The normalized spacial score (nSPS) is 12.8. The minimum atomic E-state index is -0.0612. The van der Waals surface area contributed by atoms with Gasteiger partial charge in [-0.1, -0.05) is 159 Å². The van der Waals surface area contributed by atoms with Crippen LogP contribution in [0.4, 0.5) is 17.1 Å². The number of rotatable bonds is 6. The van der Waals surface area contributed by atoms with Gasteiger partial charge in [0, 0.05) is 22.5 Å². The van der Waals surface area contributed by atoms with E-state index in [1.165, 1.54) is 66.4 Å². The Labute approximate surface area is 294 Å². The Morgan fingerprint density at radius 1 is 0.340 bits per heavy atom. The van der Waals surface area contributed by atoms with E-state index < -0.39 is 0 Å². The van der Waals surface area contributed by atoms with Gasteiger partial charge < -0.3 is 4.90 Å². The van der Waals surface area contributed by atoms with Crippen LogP contribution in [-0.4, -0.2) is 0 Å². The molecule has 0 spiro atoms. The molecule has 8 aromatic carbocycles. The Morgan fingerprint density at radius 2 is 0.880 bits per heavy atom. The van der Waals surface area contributed by atoms with Crippen molar-refractivity contribution in [3.05, 3.63) is 199 Å². The molecule has 0 saturated heterocycles. The summed E-state index contributed by atoms with van der Waals surface area (Å²) in [6.45, 7) is 4.71. The molecule has 50 heavy (non-hydrogen) atoms. The topological polar surface area (TPSA) is 3.24 Å². The van der Waals surface area contributed by atoms with Crippen molar-refractivity contribution in [1.29, 1.82) is 0 Å². The molecule has 1 heteroatoms. The summed E-state index contributed by atoms with van der Waals surface area (Å²) in [5, 5.41) is 2.46. The van der Waals surface area contributed by atoms with Crippen molar-refractivity contribution in [3.63, 3.8) is 0 Å². The van der Waals surface area contributed by atoms with Crippen LogP contribution in [0.5, 0.6) is 0 Å². The maximum Gasteiger partial charge on any atom is 0.0468 e. The number of benzene rings is 8. The predicted molar refractivity (Wildman–Crippen MR) is 213 cm³/mol. The van der Waals surface area contributed by atoms with Crippen molar-refractivity contribution in [2.45, 2.75) is 19.3 Å². The lowest BCUT2D eigenvalue weighted by Crippen LogP contribution is -2.14. The van der Waals surface area contributed by atoms with Crippen molar-refractivity contribution in [1.82, 2.24) is 0 Å². The SMILES string of the molecule is CC1(C)c2ccc(-c3ccc(N(c4ccc(-c5ccccc5)cc4)c4ccc5ccccc5c4)cc3)cc2-c2c(-c3ccccc3)cccc21. The summed E-state index contributed by atoms with van der Waals surface area (Å²) in [5.41, 5.74) is 16.2. The molecule has 0 heterocycles. The van der Waals surface area contributed by atoms with Gasteiger partial charge >= 0.3 is 0 Å². The third-order valence-electron chi connectivity index (χ3n) is 10.5. The number of hydrogen-bond acceptors (Lipinski definition) is 1. The van der Waals surface area contributed by atoms with Crippen LogP contribution >= 0.6 is 0 Å². The highest BCUT2D eigenvalue weighted by molar-refractivity contribution is 5.94. The molecule has 1 aliphatic rings. The third kappa shape index (κ3) is 5.11. The van der Waals surface area contributed by atoms with Crippen LogP contribution in [-0.2, 0) is 5.41 Å². The number of nitrogens with zero attached hydrogens (tertiary/aromatic N) is 1. The van der Waals surface area contributed by atoms with Gasteiger partial charge in [0.15, 0.2) is 0 Å². The molecule has 0 fully saturated rings. The highest BCUT2D eigenvalue weighted by atomic mass is 15.1. The first kappa shape index (κ1) is 29.9. The first-order valence-corrected chi connectivity index (χ1v) is 17.4. The molecule has 0 N–H and O–H groups in total. The van der Waals surface area contributed by atoms with Crippen LogP contribution in [0.15, 0.2) is 188 Å². The summed E-state index contributed by atoms with van der Waals surface area (Å²) in [6, 6.07) is 68.5. The Balaban J connectivity index is 1.12. The van der Waals surface area contributed by atoms with Crippen LogP contribution in [0.1, 0.15) is 25.0 Å². The van der Waals surface area contributed by atoms with E-state index in [1.807, 2.05) is 0 Å². The van der Waals surface area contributed by atoms with Gasteiger partial charge in [0.05, 0.1) is 0 Å². The number of anilines is 3. The molecular weight excluding hydrogens is 603 g/mol. The highest BCUT2D eigenvalue weighted by Gasteiger charge is 2.37. The quantitative estimate of drug-likeness (QED) is 0.175. The number of fused-ring (bicyclic) bond motifs is 4. The van der Waals surface area contributed by atoms with Crippen molar-refractivity contribution >= 4 is 27.8 Å². The van der Waals surface area contributed by atoms with E-state index in [9.17, 15) is 0 Å². The monoisotopic (exact) mass is 639 g/mol. The Bertz CT molecular complexity index is 2470. The third-order valence-corrected chi connectivity index (χ3v) is 10.5. The van der Waals surface area contributed by atoms with Crippen molar-refractivity contribution < 1.29 is 0 Å². The van der Waals surface area contributed by atoms with E-state index in [0.717, 1.165) is 17.1 Å². The molecule has 0 amide bonds. The van der Waals surface area contributed by atoms with Crippen LogP contribution < -0.4 is 4.90 Å². The van der Waals surface area contributed by atoms with Crippen molar-refractivity contribution in [2.24, 2.45) is 0 Å². The van der Waals surface area contributed by atoms with Crippen LogP contribution in [0.3, 0.4) is 0 Å². The van der Waals surface area contributed by atoms with Crippen LogP contribution in [0, 0.1) is 0 Å². The van der Waals surface area contributed by atoms with E-state index in [0.29, 0.717) is 0 Å². The molecule has 0 bridgehead atoms. The summed E-state index contributed by atoms with van der Waals surface area (Å²) >= 11 is 0. The Kier molecular flexibility index (Phi) is 7.21. The van der Waals surface area contributed by atoms with Crippen LogP contribution in [0.25, 0.3) is 55.3 Å². The summed E-state index contributed by atoms with van der Waals surface area (Å²) in [7, 11) is 0. The van der Waals surface area contributed by atoms with Crippen LogP contribution in [0.2, 0.25) is 0 Å². The lowest BCUT2D eigenvalue weighted by atomic mass is 9.81. The van der Waals surface area contributed by atoms with Crippen molar-refractivity contribution in [2.75, 3.05) is 4.90 Å². The molecule has 1 aliphatic carbocycles. The highest BCUT2D eigenvalue weighted by Crippen LogP contribution is 2.53. The second kappa shape index (κ2) is 12.1. The number of hydrogen-bond donors (Lipinski definition) is 0. The fourth-order valence-corrected chi connectivity index (χ4v) is 7.84. The molecule has 238 valence electrons.